The maximum atomic E-state index is 13.3. The highest BCUT2D eigenvalue weighted by Gasteiger charge is 2.22. The lowest BCUT2D eigenvalue weighted by molar-refractivity contribution is 0.481. The summed E-state index contributed by atoms with van der Waals surface area (Å²) >= 11 is 23.2. The van der Waals surface area contributed by atoms with E-state index in [9.17, 15) is 34.4 Å². The maximum absolute atomic E-state index is 13.3. The van der Waals surface area contributed by atoms with Crippen LogP contribution in [0.15, 0.2) is 75.4 Å². The zero-order valence-electron chi connectivity index (χ0n) is 27.5. The summed E-state index contributed by atoms with van der Waals surface area (Å²) in [4.78, 5) is 33.0. The summed E-state index contributed by atoms with van der Waals surface area (Å²) in [6.45, 7) is 0. The quantitative estimate of drug-likeness (QED) is 0.0574. The molecule has 0 saturated heterocycles. The van der Waals surface area contributed by atoms with E-state index in [0.29, 0.717) is 0 Å². The number of aromatic nitrogens is 9. The largest absolute Gasteiger partial charge is 0.399 e. The summed E-state index contributed by atoms with van der Waals surface area (Å²) in [5.41, 5.74) is 5.27. The van der Waals surface area contributed by atoms with Crippen LogP contribution < -0.4 is 31.7 Å². The Morgan fingerprint density at radius 1 is 0.491 bits per heavy atom. The van der Waals surface area contributed by atoms with E-state index in [1.807, 2.05) is 0 Å². The van der Waals surface area contributed by atoms with Gasteiger partial charge in [0.1, 0.15) is 9.79 Å². The highest BCUT2D eigenvalue weighted by atomic mass is 35.5. The second kappa shape index (κ2) is 16.1. The van der Waals surface area contributed by atoms with Crippen molar-refractivity contribution in [2.45, 2.75) is 14.7 Å². The summed E-state index contributed by atoms with van der Waals surface area (Å²) in [7, 11) is -14.3. The first kappa shape index (κ1) is 41.1. The molecule has 6 rings (SSSR count). The zero-order valence-corrected chi connectivity index (χ0v) is 32.9. The van der Waals surface area contributed by atoms with E-state index < -0.39 is 57.9 Å². The number of benzene rings is 3. The Morgan fingerprint density at radius 3 is 1.30 bits per heavy atom. The molecule has 23 nitrogen and oxygen atoms in total. The Morgan fingerprint density at radius 2 is 0.895 bits per heavy atom. The Labute approximate surface area is 340 Å². The van der Waals surface area contributed by atoms with Gasteiger partial charge in [0.15, 0.2) is 0 Å². The van der Waals surface area contributed by atoms with Gasteiger partial charge in [-0.1, -0.05) is 6.07 Å². The number of halogens is 4. The van der Waals surface area contributed by atoms with Crippen LogP contribution in [-0.2, 0) is 30.3 Å². The molecule has 6 aromatic rings. The van der Waals surface area contributed by atoms with Gasteiger partial charge in [0.25, 0.3) is 30.3 Å². The molecule has 0 atom stereocenters. The van der Waals surface area contributed by atoms with Gasteiger partial charge in [0.05, 0.1) is 16.3 Å². The molecule has 30 heteroatoms. The predicted molar refractivity (Wildman–Crippen MR) is 207 cm³/mol. The molecule has 0 spiro atoms. The Kier molecular flexibility index (Phi) is 11.6. The molecule has 0 aliphatic carbocycles. The summed E-state index contributed by atoms with van der Waals surface area (Å²) in [6, 6.07) is 12.1. The number of sulfonamides is 1. The van der Waals surface area contributed by atoms with Gasteiger partial charge in [-0.25, -0.2) is 13.1 Å². The number of nitrogen functional groups attached to an aromatic ring is 1. The minimum atomic E-state index is -4.95. The molecular weight excluding hydrogens is 900 g/mol. The van der Waals surface area contributed by atoms with Crippen LogP contribution in [-0.4, -0.2) is 79.2 Å². The van der Waals surface area contributed by atoms with Crippen LogP contribution in [0.5, 0.6) is 0 Å². The molecule has 0 radical (unpaired) electrons. The third-order valence-corrected chi connectivity index (χ3v) is 10.5. The average molecular weight is 920 g/mol. The average Bonchev–Trinajstić information content (AvgIpc) is 3.07. The minimum Gasteiger partial charge on any atom is -0.399 e. The third-order valence-electron chi connectivity index (χ3n) is 6.72. The minimum absolute atomic E-state index is 0.0794. The first-order valence-electron chi connectivity index (χ1n) is 14.8. The molecule has 57 heavy (non-hydrogen) atoms. The lowest BCUT2D eigenvalue weighted by atomic mass is 10.2. The van der Waals surface area contributed by atoms with Gasteiger partial charge < -0.3 is 27.0 Å². The van der Waals surface area contributed by atoms with Gasteiger partial charge in [-0.3, -0.25) is 9.11 Å². The molecular formula is C27H19Cl4N15O8S3. The van der Waals surface area contributed by atoms with Crippen LogP contribution in [0.2, 0.25) is 21.1 Å². The molecule has 0 amide bonds. The maximum Gasteiger partial charge on any atom is 0.296 e. The molecule has 0 bridgehead atoms. The first-order valence-corrected chi connectivity index (χ1v) is 20.7. The molecule has 3 heterocycles. The van der Waals surface area contributed by atoms with Crippen molar-refractivity contribution in [3.63, 3.8) is 0 Å². The van der Waals surface area contributed by atoms with Crippen molar-refractivity contribution in [1.29, 1.82) is 0 Å². The topological polar surface area (TPSA) is 345 Å². The van der Waals surface area contributed by atoms with Crippen LogP contribution in [0.1, 0.15) is 0 Å². The second-order valence-corrected chi connectivity index (χ2v) is 16.6. The number of anilines is 10. The van der Waals surface area contributed by atoms with Crippen LogP contribution >= 0.6 is 46.4 Å². The van der Waals surface area contributed by atoms with Gasteiger partial charge in [-0.2, -0.15) is 61.7 Å². The van der Waals surface area contributed by atoms with Crippen molar-refractivity contribution in [1.82, 2.24) is 44.9 Å². The Hall–Kier alpha value is -5.58. The third kappa shape index (κ3) is 10.6. The SMILES string of the molecule is Nc1cccc(S(=O)(=O)Nc2nc(Nc3ccc(Nc4nc(Cl)nc(Cl)n4)c(S(=O)(=O)O)c3)nc(Nc3ccc(Nc4nc(Cl)nc(Cl)n4)c(S(=O)(=O)O)c3)n2)c1. The summed E-state index contributed by atoms with van der Waals surface area (Å²) < 4.78 is 98.5. The first-order chi connectivity index (χ1) is 26.7. The van der Waals surface area contributed by atoms with E-state index in [0.717, 1.165) is 12.1 Å². The number of hydrogen-bond donors (Lipinski definition) is 8. The molecule has 3 aromatic carbocycles. The van der Waals surface area contributed by atoms with E-state index in [1.54, 1.807) is 0 Å². The van der Waals surface area contributed by atoms with Gasteiger partial charge in [-0.05, 0) is 101 Å². The second-order valence-electron chi connectivity index (χ2n) is 10.8. The van der Waals surface area contributed by atoms with Crippen LogP contribution in [0.3, 0.4) is 0 Å². The smallest absolute Gasteiger partial charge is 0.296 e. The summed E-state index contributed by atoms with van der Waals surface area (Å²) in [5, 5.41) is 9.20. The number of nitrogens with one attached hydrogen (secondary N) is 5. The van der Waals surface area contributed by atoms with Crippen molar-refractivity contribution in [3.05, 3.63) is 81.8 Å². The van der Waals surface area contributed by atoms with E-state index in [1.165, 1.54) is 48.5 Å². The molecule has 0 saturated carbocycles. The fraction of sp³-hybridized carbons (Fsp3) is 0. The fourth-order valence-corrected chi connectivity index (χ4v) is 7.56. The monoisotopic (exact) mass is 917 g/mol. The normalized spacial score (nSPS) is 11.8. The van der Waals surface area contributed by atoms with Crippen molar-refractivity contribution in [2.24, 2.45) is 0 Å². The van der Waals surface area contributed by atoms with Crippen molar-refractivity contribution in [2.75, 3.05) is 31.7 Å². The van der Waals surface area contributed by atoms with Crippen molar-refractivity contribution in [3.8, 4) is 0 Å². The molecule has 0 unspecified atom stereocenters. The van der Waals surface area contributed by atoms with E-state index in [4.69, 9.17) is 52.1 Å². The number of hydrogen-bond acceptors (Lipinski definition) is 20. The Bertz CT molecular complexity index is 2710. The molecule has 3 aromatic heterocycles. The lowest BCUT2D eigenvalue weighted by Gasteiger charge is -2.15. The van der Waals surface area contributed by atoms with Gasteiger partial charge in [0, 0.05) is 17.1 Å². The molecule has 0 aliphatic rings. The summed E-state index contributed by atoms with van der Waals surface area (Å²) in [5.74, 6) is -1.99. The molecule has 0 aliphatic heterocycles. The molecule has 9 N–H and O–H groups in total. The highest BCUT2D eigenvalue weighted by Crippen LogP contribution is 2.31. The number of nitrogens with two attached hydrogens (primary N) is 1. The van der Waals surface area contributed by atoms with E-state index >= 15 is 0 Å². The zero-order chi connectivity index (χ0) is 41.3. The summed E-state index contributed by atoms with van der Waals surface area (Å²) in [6.07, 6.45) is 0. The van der Waals surface area contributed by atoms with Crippen LogP contribution in [0.4, 0.5) is 58.2 Å². The predicted octanol–water partition coefficient (Wildman–Crippen LogP) is 4.71. The van der Waals surface area contributed by atoms with Gasteiger partial charge in [0.2, 0.25) is 50.9 Å². The van der Waals surface area contributed by atoms with Gasteiger partial charge in [-0.15, -0.1) is 0 Å². The van der Waals surface area contributed by atoms with Crippen molar-refractivity contribution >= 4 is 135 Å². The molecule has 0 fully saturated rings. The standard InChI is InChI=1S/C27H19Cl4N15O8S3/c28-19-37-20(29)40-25(39-19)35-15-6-4-12(9-17(15)56(49,50)51)33-23-43-24(45-27(44-23)46-55(47,48)14-3-1-2-11(32)8-14)34-13-5-7-16(18(10-13)57(52,53)54)36-26-41-21(30)38-22(31)42-26/h1-10H,32H2,(H,49,50,51)(H,52,53,54)(H,35,37,39,40)(H,36,38,41,42)(H3,33,34,43,44,45,46). The van der Waals surface area contributed by atoms with Gasteiger partial charge >= 0.3 is 0 Å². The van der Waals surface area contributed by atoms with Crippen LogP contribution in [0, 0.1) is 0 Å². The van der Waals surface area contributed by atoms with Crippen molar-refractivity contribution < 1.29 is 34.4 Å². The van der Waals surface area contributed by atoms with E-state index in [-0.39, 0.29) is 66.4 Å². The highest BCUT2D eigenvalue weighted by molar-refractivity contribution is 7.92. The fourth-order valence-electron chi connectivity index (χ4n) is 4.49. The Balaban J connectivity index is 1.38. The lowest BCUT2D eigenvalue weighted by Crippen LogP contribution is -2.17. The number of rotatable bonds is 13. The molecule has 296 valence electrons. The van der Waals surface area contributed by atoms with E-state index in [2.05, 4.69) is 70.8 Å². The van der Waals surface area contributed by atoms with Crippen LogP contribution in [0.25, 0.3) is 0 Å². The number of nitrogens with zero attached hydrogens (tertiary/aromatic N) is 9.